The lowest BCUT2D eigenvalue weighted by molar-refractivity contribution is 0.242. The fourth-order valence-corrected chi connectivity index (χ4v) is 3.31. The number of nitrogens with one attached hydrogen (secondary N) is 1. The number of nitrogens with zero attached hydrogens (tertiary/aromatic N) is 2. The van der Waals surface area contributed by atoms with Crippen LogP contribution in [0.1, 0.15) is 47.1 Å². The summed E-state index contributed by atoms with van der Waals surface area (Å²) in [6, 6.07) is 7.82. The van der Waals surface area contributed by atoms with Crippen molar-refractivity contribution in [2.24, 2.45) is 11.8 Å². The maximum absolute atomic E-state index is 12.7. The van der Waals surface area contributed by atoms with E-state index >= 15 is 0 Å². The van der Waals surface area contributed by atoms with E-state index < -0.39 is 11.2 Å². The maximum Gasteiger partial charge on any atom is 0.330 e. The van der Waals surface area contributed by atoms with Gasteiger partial charge >= 0.3 is 5.69 Å². The zero-order valence-electron chi connectivity index (χ0n) is 18.4. The van der Waals surface area contributed by atoms with Gasteiger partial charge in [0.2, 0.25) is 0 Å². The van der Waals surface area contributed by atoms with Gasteiger partial charge in [0.25, 0.3) is 5.56 Å². The average Bonchev–Trinajstić information content (AvgIpc) is 2.57. The topological polar surface area (TPSA) is 93.3 Å². The number of ether oxygens (including phenoxy) is 1. The molecule has 1 aromatic heterocycles. The quantitative estimate of drug-likeness (QED) is 0.672. The van der Waals surface area contributed by atoms with Gasteiger partial charge in [-0.1, -0.05) is 39.8 Å². The highest BCUT2D eigenvalue weighted by Crippen LogP contribution is 2.23. The Morgan fingerprint density at radius 2 is 1.79 bits per heavy atom. The monoisotopic (exact) mass is 402 g/mol. The minimum atomic E-state index is -0.471. The number of hydrogen-bond acceptors (Lipinski definition) is 5. The van der Waals surface area contributed by atoms with E-state index in [1.807, 2.05) is 56.9 Å². The summed E-state index contributed by atoms with van der Waals surface area (Å²) >= 11 is 0. The Kier molecular flexibility index (Phi) is 7.53. The summed E-state index contributed by atoms with van der Waals surface area (Å²) in [6.45, 7) is 13.7. The number of nitrogen functional groups attached to an aromatic ring is 1. The summed E-state index contributed by atoms with van der Waals surface area (Å²) in [4.78, 5) is 29.4. The highest BCUT2D eigenvalue weighted by Gasteiger charge is 2.20. The number of benzene rings is 1. The molecule has 0 fully saturated rings. The fraction of sp³-hybridized carbons (Fsp3) is 0.545. The van der Waals surface area contributed by atoms with E-state index in [-0.39, 0.29) is 17.8 Å². The lowest BCUT2D eigenvalue weighted by Crippen LogP contribution is -2.40. The van der Waals surface area contributed by atoms with Gasteiger partial charge in [0.1, 0.15) is 17.3 Å². The van der Waals surface area contributed by atoms with Crippen molar-refractivity contribution in [2.45, 2.75) is 60.7 Å². The molecule has 0 atom stereocenters. The largest absolute Gasteiger partial charge is 0.491 e. The summed E-state index contributed by atoms with van der Waals surface area (Å²) in [7, 11) is 0. The number of aromatic amines is 1. The zero-order chi connectivity index (χ0) is 21.7. The van der Waals surface area contributed by atoms with Crippen LogP contribution in [0.5, 0.6) is 5.75 Å². The van der Waals surface area contributed by atoms with Crippen LogP contribution >= 0.6 is 0 Å². The SMILES string of the molecule is CC(C)CN(Cc1cccc(OC(C)C)c1)c1c(N)n(CC(C)C)c(=O)[nH]c1=O. The molecule has 0 aliphatic heterocycles. The molecule has 0 bridgehead atoms. The van der Waals surface area contributed by atoms with Crippen molar-refractivity contribution >= 4 is 11.5 Å². The van der Waals surface area contributed by atoms with Gasteiger partial charge < -0.3 is 15.4 Å². The molecule has 7 heteroatoms. The molecule has 160 valence electrons. The third kappa shape index (κ3) is 6.14. The third-order valence-electron chi connectivity index (χ3n) is 4.31. The van der Waals surface area contributed by atoms with Gasteiger partial charge in [-0.3, -0.25) is 14.3 Å². The van der Waals surface area contributed by atoms with E-state index in [4.69, 9.17) is 10.5 Å². The van der Waals surface area contributed by atoms with Crippen molar-refractivity contribution < 1.29 is 4.74 Å². The Morgan fingerprint density at radius 3 is 2.38 bits per heavy atom. The second-order valence-corrected chi connectivity index (χ2v) is 8.59. The maximum atomic E-state index is 12.7. The van der Waals surface area contributed by atoms with Crippen molar-refractivity contribution in [1.29, 1.82) is 0 Å². The van der Waals surface area contributed by atoms with Gasteiger partial charge in [-0.05, 0) is 43.4 Å². The summed E-state index contributed by atoms with van der Waals surface area (Å²) in [5.41, 5.74) is 6.76. The van der Waals surface area contributed by atoms with Crippen LogP contribution < -0.4 is 26.6 Å². The summed E-state index contributed by atoms with van der Waals surface area (Å²) in [6.07, 6.45) is 0.0788. The molecule has 0 amide bonds. The normalized spacial score (nSPS) is 11.5. The van der Waals surface area contributed by atoms with Crippen LogP contribution in [0.25, 0.3) is 0 Å². The minimum Gasteiger partial charge on any atom is -0.491 e. The van der Waals surface area contributed by atoms with Crippen molar-refractivity contribution in [3.05, 3.63) is 50.7 Å². The van der Waals surface area contributed by atoms with E-state index in [1.165, 1.54) is 4.57 Å². The predicted octanol–water partition coefficient (Wildman–Crippen LogP) is 3.22. The predicted molar refractivity (Wildman–Crippen MR) is 119 cm³/mol. The molecule has 0 spiro atoms. The van der Waals surface area contributed by atoms with Gasteiger partial charge in [0.15, 0.2) is 0 Å². The molecule has 0 saturated heterocycles. The van der Waals surface area contributed by atoms with E-state index in [0.717, 1.165) is 11.3 Å². The number of aromatic nitrogens is 2. The highest BCUT2D eigenvalue weighted by atomic mass is 16.5. The smallest absolute Gasteiger partial charge is 0.330 e. The molecule has 29 heavy (non-hydrogen) atoms. The van der Waals surface area contributed by atoms with Crippen LogP contribution in [-0.2, 0) is 13.1 Å². The van der Waals surface area contributed by atoms with Crippen LogP contribution in [0.4, 0.5) is 11.5 Å². The van der Waals surface area contributed by atoms with Crippen LogP contribution in [-0.4, -0.2) is 22.2 Å². The van der Waals surface area contributed by atoms with E-state index in [0.29, 0.717) is 31.2 Å². The first kappa shape index (κ1) is 22.6. The summed E-state index contributed by atoms with van der Waals surface area (Å²) in [5, 5.41) is 0. The number of hydrogen-bond donors (Lipinski definition) is 2. The number of H-pyrrole nitrogens is 1. The molecule has 1 aromatic carbocycles. The van der Waals surface area contributed by atoms with Gasteiger partial charge in [-0.2, -0.15) is 0 Å². The van der Waals surface area contributed by atoms with Crippen molar-refractivity contribution in [3.63, 3.8) is 0 Å². The molecule has 0 aliphatic rings. The lowest BCUT2D eigenvalue weighted by atomic mass is 10.1. The zero-order valence-corrected chi connectivity index (χ0v) is 18.4. The Hall–Kier alpha value is -2.70. The number of nitrogens with two attached hydrogens (primary N) is 1. The van der Waals surface area contributed by atoms with Crippen molar-refractivity contribution in [2.75, 3.05) is 17.2 Å². The van der Waals surface area contributed by atoms with Gasteiger partial charge in [0.05, 0.1) is 6.10 Å². The fourth-order valence-electron chi connectivity index (χ4n) is 3.31. The molecule has 0 unspecified atom stereocenters. The molecular weight excluding hydrogens is 368 g/mol. The molecule has 2 aromatic rings. The minimum absolute atomic E-state index is 0.0788. The first-order valence-corrected chi connectivity index (χ1v) is 10.2. The molecule has 3 N–H and O–H groups in total. The van der Waals surface area contributed by atoms with Crippen molar-refractivity contribution in [1.82, 2.24) is 9.55 Å². The van der Waals surface area contributed by atoms with Gasteiger partial charge in [-0.15, -0.1) is 0 Å². The van der Waals surface area contributed by atoms with Crippen LogP contribution in [0.3, 0.4) is 0 Å². The van der Waals surface area contributed by atoms with Gasteiger partial charge in [0, 0.05) is 19.6 Å². The highest BCUT2D eigenvalue weighted by molar-refractivity contribution is 5.62. The molecule has 0 aliphatic carbocycles. The van der Waals surface area contributed by atoms with E-state index in [1.54, 1.807) is 0 Å². The molecule has 1 heterocycles. The summed E-state index contributed by atoms with van der Waals surface area (Å²) in [5.74, 6) is 1.52. The molecule has 2 rings (SSSR count). The van der Waals surface area contributed by atoms with Crippen LogP contribution in [0, 0.1) is 11.8 Å². The second-order valence-electron chi connectivity index (χ2n) is 8.59. The Labute approximate surface area is 172 Å². The third-order valence-corrected chi connectivity index (χ3v) is 4.31. The van der Waals surface area contributed by atoms with Crippen molar-refractivity contribution in [3.8, 4) is 5.75 Å². The average molecular weight is 403 g/mol. The van der Waals surface area contributed by atoms with Crippen LogP contribution in [0.15, 0.2) is 33.9 Å². The standard InChI is InChI=1S/C22H34N4O3/c1-14(2)11-25(13-17-8-7-9-18(10-17)29-16(5)6)19-20(23)26(12-15(3)4)22(28)24-21(19)27/h7-10,14-16H,11-13,23H2,1-6H3,(H,24,27,28). The molecule has 0 saturated carbocycles. The molecular formula is C22H34N4O3. The Morgan fingerprint density at radius 1 is 1.10 bits per heavy atom. The number of anilines is 2. The van der Waals surface area contributed by atoms with Gasteiger partial charge in [-0.25, -0.2) is 4.79 Å². The number of rotatable bonds is 9. The molecule has 7 nitrogen and oxygen atoms in total. The summed E-state index contributed by atoms with van der Waals surface area (Å²) < 4.78 is 7.24. The second kappa shape index (κ2) is 9.67. The van der Waals surface area contributed by atoms with E-state index in [9.17, 15) is 9.59 Å². The lowest BCUT2D eigenvalue weighted by Gasteiger charge is -2.28. The first-order valence-electron chi connectivity index (χ1n) is 10.2. The van der Waals surface area contributed by atoms with E-state index in [2.05, 4.69) is 18.8 Å². The van der Waals surface area contributed by atoms with Crippen LogP contribution in [0.2, 0.25) is 0 Å². The first-order chi connectivity index (χ1) is 13.6. The Bertz CT molecular complexity index is 928. The Balaban J connectivity index is 2.48. The molecule has 0 radical (unpaired) electrons.